The van der Waals surface area contributed by atoms with Crippen molar-refractivity contribution >= 4 is 11.9 Å². The molecule has 0 fully saturated rings. The van der Waals surface area contributed by atoms with Gasteiger partial charge < -0.3 is 14.4 Å². The number of carbonyl (C=O) groups excluding carboxylic acids is 2. The molecule has 1 aromatic rings. The van der Waals surface area contributed by atoms with Crippen molar-refractivity contribution in [2.75, 3.05) is 20.7 Å². The number of hydrogen-bond acceptors (Lipinski definition) is 4. The molecule has 1 aromatic carbocycles. The number of likely N-dealkylation sites (N-methyl/N-ethyl adjacent to an activating group) is 1. The molecule has 0 radical (unpaired) electrons. The molecule has 0 aliphatic carbocycles. The molecular formula is C15H19NO4. The predicted octanol–water partition coefficient (Wildman–Crippen LogP) is 1.82. The summed E-state index contributed by atoms with van der Waals surface area (Å²) in [5.41, 5.74) is 1.53. The second kappa shape index (κ2) is 5.53. The van der Waals surface area contributed by atoms with Crippen LogP contribution < -0.4 is 4.74 Å². The van der Waals surface area contributed by atoms with E-state index in [1.807, 2.05) is 19.1 Å². The minimum atomic E-state index is -0.448. The van der Waals surface area contributed by atoms with E-state index in [0.717, 1.165) is 5.56 Å². The lowest BCUT2D eigenvalue weighted by atomic mass is 9.96. The molecule has 1 amide bonds. The highest BCUT2D eigenvalue weighted by Crippen LogP contribution is 2.40. The van der Waals surface area contributed by atoms with Crippen molar-refractivity contribution in [2.45, 2.75) is 25.9 Å². The largest absolute Gasteiger partial charge is 0.489 e. The Balaban J connectivity index is 2.27. The molecule has 0 spiro atoms. The van der Waals surface area contributed by atoms with Crippen LogP contribution in [0.5, 0.6) is 5.75 Å². The van der Waals surface area contributed by atoms with E-state index >= 15 is 0 Å². The highest BCUT2D eigenvalue weighted by molar-refractivity contribution is 5.98. The minimum absolute atomic E-state index is 0.0462. The first-order valence-electron chi connectivity index (χ1n) is 6.57. The van der Waals surface area contributed by atoms with E-state index in [1.165, 1.54) is 12.0 Å². The Kier molecular flexibility index (Phi) is 3.97. The standard InChI is InChI=1S/C15H19NO4/c1-9-10(2)20-14-11(9)6-5-7-12(14)15(18)16(3)8-13(17)19-4/h5-7,9-10H,8H2,1-4H3. The van der Waals surface area contributed by atoms with Gasteiger partial charge in [0.25, 0.3) is 5.91 Å². The highest BCUT2D eigenvalue weighted by Gasteiger charge is 2.32. The van der Waals surface area contributed by atoms with Gasteiger partial charge in [-0.15, -0.1) is 0 Å². The van der Waals surface area contributed by atoms with Crippen LogP contribution in [0.3, 0.4) is 0 Å². The zero-order valence-corrected chi connectivity index (χ0v) is 12.2. The van der Waals surface area contributed by atoms with Gasteiger partial charge in [-0.25, -0.2) is 0 Å². The van der Waals surface area contributed by atoms with Gasteiger partial charge in [0.15, 0.2) is 0 Å². The lowest BCUT2D eigenvalue weighted by Crippen LogP contribution is -2.32. The smallest absolute Gasteiger partial charge is 0.325 e. The van der Waals surface area contributed by atoms with Gasteiger partial charge >= 0.3 is 5.97 Å². The van der Waals surface area contributed by atoms with E-state index in [4.69, 9.17) is 4.74 Å². The zero-order chi connectivity index (χ0) is 14.9. The summed E-state index contributed by atoms with van der Waals surface area (Å²) in [5, 5.41) is 0. The molecule has 0 aromatic heterocycles. The molecule has 0 saturated carbocycles. The van der Waals surface area contributed by atoms with Crippen LogP contribution in [0.2, 0.25) is 0 Å². The normalized spacial score (nSPS) is 20.0. The van der Waals surface area contributed by atoms with Crippen molar-refractivity contribution in [1.29, 1.82) is 0 Å². The van der Waals surface area contributed by atoms with Crippen LogP contribution in [0.15, 0.2) is 18.2 Å². The molecule has 0 bridgehead atoms. The molecule has 2 rings (SSSR count). The lowest BCUT2D eigenvalue weighted by molar-refractivity contribution is -0.141. The molecule has 1 aliphatic rings. The summed E-state index contributed by atoms with van der Waals surface area (Å²) >= 11 is 0. The molecule has 2 unspecified atom stereocenters. The molecule has 2 atom stereocenters. The van der Waals surface area contributed by atoms with Crippen molar-refractivity contribution in [1.82, 2.24) is 4.90 Å². The number of fused-ring (bicyclic) bond motifs is 1. The number of para-hydroxylation sites is 1. The molecule has 0 saturated heterocycles. The fourth-order valence-corrected chi connectivity index (χ4v) is 2.29. The number of hydrogen-bond donors (Lipinski definition) is 0. The van der Waals surface area contributed by atoms with E-state index in [0.29, 0.717) is 11.3 Å². The highest BCUT2D eigenvalue weighted by atomic mass is 16.5. The minimum Gasteiger partial charge on any atom is -0.489 e. The molecule has 5 heteroatoms. The number of ether oxygens (including phenoxy) is 2. The second-order valence-corrected chi connectivity index (χ2v) is 5.07. The first-order valence-corrected chi connectivity index (χ1v) is 6.57. The summed E-state index contributed by atoms with van der Waals surface area (Å²) in [6.45, 7) is 3.98. The first-order chi connectivity index (χ1) is 9.45. The van der Waals surface area contributed by atoms with Gasteiger partial charge in [0, 0.05) is 18.5 Å². The van der Waals surface area contributed by atoms with Crippen LogP contribution in [0, 0.1) is 0 Å². The molecule has 1 heterocycles. The maximum absolute atomic E-state index is 12.4. The fourth-order valence-electron chi connectivity index (χ4n) is 2.29. The van der Waals surface area contributed by atoms with Gasteiger partial charge in [-0.05, 0) is 13.0 Å². The van der Waals surface area contributed by atoms with Gasteiger partial charge in [-0.2, -0.15) is 0 Å². The lowest BCUT2D eigenvalue weighted by Gasteiger charge is -2.17. The van der Waals surface area contributed by atoms with E-state index in [1.54, 1.807) is 13.1 Å². The molecule has 5 nitrogen and oxygen atoms in total. The quantitative estimate of drug-likeness (QED) is 0.791. The topological polar surface area (TPSA) is 55.8 Å². The third kappa shape index (κ3) is 2.48. The summed E-state index contributed by atoms with van der Waals surface area (Å²) in [6.07, 6.45) is 0.0462. The molecule has 20 heavy (non-hydrogen) atoms. The van der Waals surface area contributed by atoms with Crippen molar-refractivity contribution in [3.63, 3.8) is 0 Å². The number of rotatable bonds is 3. The summed E-state index contributed by atoms with van der Waals surface area (Å²) in [6, 6.07) is 5.54. The Morgan fingerprint density at radius 1 is 1.35 bits per heavy atom. The third-order valence-corrected chi connectivity index (χ3v) is 3.71. The van der Waals surface area contributed by atoms with E-state index in [-0.39, 0.29) is 24.5 Å². The molecule has 0 N–H and O–H groups in total. The van der Waals surface area contributed by atoms with E-state index in [9.17, 15) is 9.59 Å². The van der Waals surface area contributed by atoms with Crippen molar-refractivity contribution in [2.24, 2.45) is 0 Å². The Hall–Kier alpha value is -2.04. The Labute approximate surface area is 118 Å². The Morgan fingerprint density at radius 3 is 2.70 bits per heavy atom. The Morgan fingerprint density at radius 2 is 2.05 bits per heavy atom. The van der Waals surface area contributed by atoms with Gasteiger partial charge in [0.2, 0.25) is 0 Å². The molecule has 1 aliphatic heterocycles. The number of amides is 1. The number of nitrogens with zero attached hydrogens (tertiary/aromatic N) is 1. The van der Waals surface area contributed by atoms with Gasteiger partial charge in [-0.3, -0.25) is 9.59 Å². The second-order valence-electron chi connectivity index (χ2n) is 5.07. The zero-order valence-electron chi connectivity index (χ0n) is 12.2. The summed E-state index contributed by atoms with van der Waals surface area (Å²) in [7, 11) is 2.87. The van der Waals surface area contributed by atoms with E-state index < -0.39 is 5.97 Å². The average Bonchev–Trinajstić information content (AvgIpc) is 2.73. The SMILES string of the molecule is COC(=O)CN(C)C(=O)c1cccc2c1OC(C)C2C. The van der Waals surface area contributed by atoms with Gasteiger partial charge in [0.1, 0.15) is 18.4 Å². The van der Waals surface area contributed by atoms with Crippen molar-refractivity contribution in [3.05, 3.63) is 29.3 Å². The Bertz CT molecular complexity index is 541. The van der Waals surface area contributed by atoms with Crippen LogP contribution in [-0.2, 0) is 9.53 Å². The first kappa shape index (κ1) is 14.4. The van der Waals surface area contributed by atoms with E-state index in [2.05, 4.69) is 11.7 Å². The van der Waals surface area contributed by atoms with Crippen LogP contribution in [0.25, 0.3) is 0 Å². The summed E-state index contributed by atoms with van der Waals surface area (Å²) < 4.78 is 10.4. The van der Waals surface area contributed by atoms with Gasteiger partial charge in [0.05, 0.1) is 12.7 Å². The molecule has 108 valence electrons. The summed E-state index contributed by atoms with van der Waals surface area (Å²) in [5.74, 6) is 0.197. The number of benzene rings is 1. The average molecular weight is 277 g/mol. The van der Waals surface area contributed by atoms with Crippen LogP contribution in [0.4, 0.5) is 0 Å². The van der Waals surface area contributed by atoms with Crippen LogP contribution >= 0.6 is 0 Å². The van der Waals surface area contributed by atoms with Crippen LogP contribution in [-0.4, -0.2) is 43.6 Å². The monoisotopic (exact) mass is 277 g/mol. The fraction of sp³-hybridized carbons (Fsp3) is 0.467. The molecular weight excluding hydrogens is 258 g/mol. The number of carbonyl (C=O) groups is 2. The van der Waals surface area contributed by atoms with Crippen molar-refractivity contribution < 1.29 is 19.1 Å². The third-order valence-electron chi connectivity index (χ3n) is 3.71. The maximum atomic E-state index is 12.4. The number of methoxy groups -OCH3 is 1. The van der Waals surface area contributed by atoms with Crippen LogP contribution in [0.1, 0.15) is 35.7 Å². The maximum Gasteiger partial charge on any atom is 0.325 e. The van der Waals surface area contributed by atoms with Crippen molar-refractivity contribution in [3.8, 4) is 5.75 Å². The number of esters is 1. The van der Waals surface area contributed by atoms with Gasteiger partial charge in [-0.1, -0.05) is 19.1 Å². The summed E-state index contributed by atoms with van der Waals surface area (Å²) in [4.78, 5) is 25.0. The predicted molar refractivity (Wildman–Crippen MR) is 73.9 cm³/mol.